The van der Waals surface area contributed by atoms with Gasteiger partial charge >= 0.3 is 0 Å². The molecule has 0 aliphatic carbocycles. The minimum absolute atomic E-state index is 0. The van der Waals surface area contributed by atoms with Crippen molar-refractivity contribution in [3.63, 3.8) is 0 Å². The van der Waals surface area contributed by atoms with E-state index in [1.54, 1.807) is 7.05 Å². The average Bonchev–Trinajstić information content (AvgIpc) is 2.55. The molecule has 0 radical (unpaired) electrons. The third-order valence-corrected chi connectivity index (χ3v) is 4.57. The monoisotopic (exact) mass is 547 g/mol. The van der Waals surface area contributed by atoms with Crippen LogP contribution < -0.4 is 10.1 Å². The maximum atomic E-state index is 12.2. The number of likely N-dealkylation sites (tertiary alicyclic amines) is 1. The van der Waals surface area contributed by atoms with Crippen LogP contribution in [0.2, 0.25) is 0 Å². The van der Waals surface area contributed by atoms with Crippen molar-refractivity contribution in [2.75, 3.05) is 33.4 Å². The molecular formula is C16H24FI2N3O. The number of alkyl halides is 1. The molecule has 0 aromatic heterocycles. The molecule has 130 valence electrons. The molecule has 1 N–H and O–H groups in total. The van der Waals surface area contributed by atoms with E-state index in [1.165, 1.54) is 0 Å². The second-order valence-corrected chi connectivity index (χ2v) is 6.41. The summed E-state index contributed by atoms with van der Waals surface area (Å²) < 4.78 is 19.4. The Morgan fingerprint density at radius 3 is 2.70 bits per heavy atom. The number of para-hydroxylation sites is 1. The number of hydrogen-bond acceptors (Lipinski definition) is 2. The Bertz CT molecular complexity index is 494. The first-order chi connectivity index (χ1) is 10.7. The molecule has 0 saturated carbocycles. The van der Waals surface area contributed by atoms with Gasteiger partial charge in [0.25, 0.3) is 0 Å². The predicted octanol–water partition coefficient (Wildman–Crippen LogP) is 3.69. The van der Waals surface area contributed by atoms with E-state index in [9.17, 15) is 4.39 Å². The minimum Gasteiger partial charge on any atom is -0.489 e. The highest BCUT2D eigenvalue weighted by Gasteiger charge is 2.23. The van der Waals surface area contributed by atoms with Gasteiger partial charge in [0, 0.05) is 39.5 Å². The van der Waals surface area contributed by atoms with E-state index in [4.69, 9.17) is 4.74 Å². The van der Waals surface area contributed by atoms with Crippen molar-refractivity contribution in [2.24, 2.45) is 4.99 Å². The fourth-order valence-electron chi connectivity index (χ4n) is 2.50. The molecule has 1 fully saturated rings. The summed E-state index contributed by atoms with van der Waals surface area (Å²) in [7, 11) is 1.77. The number of guanidine groups is 1. The fourth-order valence-corrected chi connectivity index (χ4v) is 3.02. The number of piperidine rings is 1. The van der Waals surface area contributed by atoms with Gasteiger partial charge in [0.05, 0.1) is 10.2 Å². The molecule has 1 aliphatic heterocycles. The number of aliphatic imine (C=N–C) groups is 1. The topological polar surface area (TPSA) is 36.9 Å². The summed E-state index contributed by atoms with van der Waals surface area (Å²) in [4.78, 5) is 6.49. The van der Waals surface area contributed by atoms with Gasteiger partial charge in [-0.3, -0.25) is 9.38 Å². The van der Waals surface area contributed by atoms with Crippen molar-refractivity contribution < 1.29 is 9.13 Å². The number of hydrogen-bond donors (Lipinski definition) is 1. The molecule has 1 saturated heterocycles. The Balaban J connectivity index is 0.00000264. The smallest absolute Gasteiger partial charge is 0.193 e. The van der Waals surface area contributed by atoms with Gasteiger partial charge in [-0.2, -0.15) is 0 Å². The van der Waals surface area contributed by atoms with Crippen LogP contribution in [0.3, 0.4) is 0 Å². The molecule has 1 aliphatic rings. The van der Waals surface area contributed by atoms with E-state index in [0.29, 0.717) is 13.0 Å². The molecule has 23 heavy (non-hydrogen) atoms. The summed E-state index contributed by atoms with van der Waals surface area (Å²) >= 11 is 2.30. The molecule has 2 rings (SSSR count). The molecule has 4 nitrogen and oxygen atoms in total. The molecular weight excluding hydrogens is 523 g/mol. The van der Waals surface area contributed by atoms with E-state index < -0.39 is 0 Å². The van der Waals surface area contributed by atoms with Crippen LogP contribution in [0.25, 0.3) is 0 Å². The van der Waals surface area contributed by atoms with Crippen molar-refractivity contribution in [1.82, 2.24) is 10.2 Å². The highest BCUT2D eigenvalue weighted by atomic mass is 127. The maximum absolute atomic E-state index is 12.2. The first-order valence-electron chi connectivity index (χ1n) is 7.67. The Kier molecular flexibility index (Phi) is 10.2. The molecule has 0 atom stereocenters. The van der Waals surface area contributed by atoms with Gasteiger partial charge in [-0.25, -0.2) is 0 Å². The summed E-state index contributed by atoms with van der Waals surface area (Å²) in [6.45, 7) is 2.14. The molecule has 0 unspecified atom stereocenters. The standard InChI is InChI=1S/C16H23FIN3O.HI/c1-19-16(20-10-4-9-17)21-11-7-13(8-12-21)22-15-6-3-2-5-14(15)18;/h2-3,5-6,13H,4,7-12H2,1H3,(H,19,20);1H. The van der Waals surface area contributed by atoms with Gasteiger partial charge in [0.15, 0.2) is 5.96 Å². The van der Waals surface area contributed by atoms with Crippen LogP contribution in [0, 0.1) is 3.57 Å². The summed E-state index contributed by atoms with van der Waals surface area (Å²) in [6.07, 6.45) is 2.70. The van der Waals surface area contributed by atoms with E-state index in [0.717, 1.165) is 41.2 Å². The van der Waals surface area contributed by atoms with Crippen LogP contribution in [-0.4, -0.2) is 50.3 Å². The lowest BCUT2D eigenvalue weighted by atomic mass is 10.1. The lowest BCUT2D eigenvalue weighted by Crippen LogP contribution is -2.47. The Labute approximate surface area is 168 Å². The normalized spacial score (nSPS) is 16.0. The highest BCUT2D eigenvalue weighted by molar-refractivity contribution is 14.1. The van der Waals surface area contributed by atoms with E-state index >= 15 is 0 Å². The third-order valence-electron chi connectivity index (χ3n) is 3.68. The Morgan fingerprint density at radius 2 is 2.09 bits per heavy atom. The van der Waals surface area contributed by atoms with Gasteiger partial charge in [-0.05, 0) is 41.1 Å². The van der Waals surface area contributed by atoms with E-state index in [1.807, 2.05) is 18.2 Å². The van der Waals surface area contributed by atoms with Gasteiger partial charge in [0.2, 0.25) is 0 Å². The Morgan fingerprint density at radius 1 is 1.39 bits per heavy atom. The van der Waals surface area contributed by atoms with Crippen molar-refractivity contribution in [3.05, 3.63) is 27.8 Å². The predicted molar refractivity (Wildman–Crippen MR) is 112 cm³/mol. The van der Waals surface area contributed by atoms with Crippen LogP contribution in [0.4, 0.5) is 4.39 Å². The van der Waals surface area contributed by atoms with Crippen molar-refractivity contribution in [1.29, 1.82) is 0 Å². The zero-order valence-electron chi connectivity index (χ0n) is 13.3. The van der Waals surface area contributed by atoms with Crippen LogP contribution in [0.5, 0.6) is 5.75 Å². The second kappa shape index (κ2) is 11.3. The van der Waals surface area contributed by atoms with Crippen LogP contribution >= 0.6 is 46.6 Å². The third kappa shape index (κ3) is 6.60. The van der Waals surface area contributed by atoms with Gasteiger partial charge < -0.3 is 15.0 Å². The van der Waals surface area contributed by atoms with E-state index in [2.05, 4.69) is 43.9 Å². The molecule has 0 spiro atoms. The lowest BCUT2D eigenvalue weighted by molar-refractivity contribution is 0.128. The van der Waals surface area contributed by atoms with Gasteiger partial charge in [-0.1, -0.05) is 12.1 Å². The summed E-state index contributed by atoms with van der Waals surface area (Å²) in [6, 6.07) is 8.10. The summed E-state index contributed by atoms with van der Waals surface area (Å²) in [5, 5.41) is 3.21. The van der Waals surface area contributed by atoms with Crippen LogP contribution in [0.15, 0.2) is 29.3 Å². The number of nitrogens with zero attached hydrogens (tertiary/aromatic N) is 2. The summed E-state index contributed by atoms with van der Waals surface area (Å²) in [5.74, 6) is 1.83. The zero-order valence-corrected chi connectivity index (χ0v) is 17.8. The van der Waals surface area contributed by atoms with E-state index in [-0.39, 0.29) is 36.8 Å². The van der Waals surface area contributed by atoms with Gasteiger partial charge in [-0.15, -0.1) is 24.0 Å². The molecule has 1 aromatic rings. The molecule has 7 heteroatoms. The molecule has 0 amide bonds. The number of ether oxygens (including phenoxy) is 1. The summed E-state index contributed by atoms with van der Waals surface area (Å²) in [5.41, 5.74) is 0. The highest BCUT2D eigenvalue weighted by Crippen LogP contribution is 2.24. The minimum atomic E-state index is -0.296. The van der Waals surface area contributed by atoms with Crippen molar-refractivity contribution >= 4 is 52.5 Å². The zero-order chi connectivity index (χ0) is 15.8. The molecule has 1 heterocycles. The van der Waals surface area contributed by atoms with Crippen molar-refractivity contribution in [3.8, 4) is 5.75 Å². The van der Waals surface area contributed by atoms with Crippen molar-refractivity contribution in [2.45, 2.75) is 25.4 Å². The first kappa shape index (κ1) is 20.7. The quantitative estimate of drug-likeness (QED) is 0.265. The Hall–Kier alpha value is -0.320. The van der Waals surface area contributed by atoms with Crippen LogP contribution in [-0.2, 0) is 0 Å². The van der Waals surface area contributed by atoms with Crippen LogP contribution in [0.1, 0.15) is 19.3 Å². The van der Waals surface area contributed by atoms with Gasteiger partial charge in [0.1, 0.15) is 11.9 Å². The number of nitrogens with one attached hydrogen (secondary N) is 1. The number of rotatable bonds is 5. The largest absolute Gasteiger partial charge is 0.489 e. The lowest BCUT2D eigenvalue weighted by Gasteiger charge is -2.34. The maximum Gasteiger partial charge on any atom is 0.193 e. The first-order valence-corrected chi connectivity index (χ1v) is 8.75. The fraction of sp³-hybridized carbons (Fsp3) is 0.562. The molecule has 0 bridgehead atoms. The SMILES string of the molecule is CN=C(NCCCF)N1CCC(Oc2ccccc2I)CC1.I. The average molecular weight is 547 g/mol. The number of benzene rings is 1. The molecule has 1 aromatic carbocycles. The second-order valence-electron chi connectivity index (χ2n) is 5.25. The number of halogens is 3.